The van der Waals surface area contributed by atoms with Gasteiger partial charge in [-0.05, 0) is 54.6 Å². The molecule has 1 N–H and O–H groups in total. The van der Waals surface area contributed by atoms with E-state index in [0.29, 0.717) is 11.4 Å². The van der Waals surface area contributed by atoms with Crippen LogP contribution in [0, 0.1) is 0 Å². The van der Waals surface area contributed by atoms with E-state index >= 15 is 0 Å². The van der Waals surface area contributed by atoms with Crippen LogP contribution in [0.2, 0.25) is 0 Å². The van der Waals surface area contributed by atoms with Crippen molar-refractivity contribution in [2.45, 2.75) is 9.79 Å². The van der Waals surface area contributed by atoms with E-state index in [4.69, 9.17) is 4.74 Å². The standard InChI is InChI=1S/C22H22N2O4S2/c1-24(18-8-4-3-5-9-18)30(26,27)21-10-6-7-17(15-21)23-22(25)16-29-20-13-11-19(28-2)12-14-20/h3-15H,16H2,1-2H3,(H,23,25). The maximum Gasteiger partial charge on any atom is 0.264 e. The van der Waals surface area contributed by atoms with Crippen LogP contribution in [-0.2, 0) is 14.8 Å². The van der Waals surface area contributed by atoms with Gasteiger partial charge in [-0.15, -0.1) is 11.8 Å². The van der Waals surface area contributed by atoms with Crippen molar-refractivity contribution in [2.75, 3.05) is 29.5 Å². The molecule has 0 spiro atoms. The number of hydrogen-bond acceptors (Lipinski definition) is 5. The lowest BCUT2D eigenvalue weighted by Gasteiger charge is -2.19. The Morgan fingerprint density at radius 3 is 2.37 bits per heavy atom. The molecule has 30 heavy (non-hydrogen) atoms. The van der Waals surface area contributed by atoms with Gasteiger partial charge < -0.3 is 10.1 Å². The molecule has 0 aliphatic carbocycles. The molecule has 3 rings (SSSR count). The van der Waals surface area contributed by atoms with Gasteiger partial charge in [0.2, 0.25) is 5.91 Å². The third-order valence-corrected chi connectivity index (χ3v) is 7.12. The van der Waals surface area contributed by atoms with E-state index in [0.717, 1.165) is 10.6 Å². The Morgan fingerprint density at radius 1 is 1.00 bits per heavy atom. The third kappa shape index (κ3) is 5.34. The minimum atomic E-state index is -3.75. The Kier molecular flexibility index (Phi) is 7.02. The highest BCUT2D eigenvalue weighted by molar-refractivity contribution is 8.00. The quantitative estimate of drug-likeness (QED) is 0.528. The lowest BCUT2D eigenvalue weighted by molar-refractivity contribution is -0.113. The second-order valence-electron chi connectivity index (χ2n) is 6.35. The molecule has 0 fully saturated rings. The van der Waals surface area contributed by atoms with Gasteiger partial charge in [-0.25, -0.2) is 8.42 Å². The summed E-state index contributed by atoms with van der Waals surface area (Å²) in [6.07, 6.45) is 0. The summed E-state index contributed by atoms with van der Waals surface area (Å²) in [6.45, 7) is 0. The number of amides is 1. The van der Waals surface area contributed by atoms with Crippen LogP contribution in [0.1, 0.15) is 0 Å². The number of para-hydroxylation sites is 1. The van der Waals surface area contributed by atoms with E-state index in [1.54, 1.807) is 43.5 Å². The van der Waals surface area contributed by atoms with Gasteiger partial charge in [0.05, 0.1) is 23.4 Å². The first kappa shape index (κ1) is 21.7. The van der Waals surface area contributed by atoms with Gasteiger partial charge in [-0.2, -0.15) is 0 Å². The van der Waals surface area contributed by atoms with E-state index in [2.05, 4.69) is 5.32 Å². The predicted molar refractivity (Wildman–Crippen MR) is 121 cm³/mol. The molecule has 0 heterocycles. The van der Waals surface area contributed by atoms with Crippen molar-refractivity contribution in [3.8, 4) is 5.75 Å². The highest BCUT2D eigenvalue weighted by atomic mass is 32.2. The molecule has 8 heteroatoms. The maximum absolute atomic E-state index is 12.9. The molecule has 0 atom stereocenters. The molecule has 156 valence electrons. The number of carbonyl (C=O) groups is 1. The largest absolute Gasteiger partial charge is 0.497 e. The second-order valence-corrected chi connectivity index (χ2v) is 9.37. The van der Waals surface area contributed by atoms with Crippen molar-refractivity contribution >= 4 is 39.1 Å². The Bertz CT molecular complexity index is 1100. The van der Waals surface area contributed by atoms with Gasteiger partial charge >= 0.3 is 0 Å². The van der Waals surface area contributed by atoms with Crippen LogP contribution in [-0.4, -0.2) is 34.2 Å². The molecule has 0 saturated heterocycles. The SMILES string of the molecule is COc1ccc(SCC(=O)Nc2cccc(S(=O)(=O)N(C)c3ccccc3)c2)cc1. The predicted octanol–water partition coefficient (Wildman–Crippen LogP) is 4.25. The van der Waals surface area contributed by atoms with Crippen molar-refractivity contribution in [1.82, 2.24) is 0 Å². The Balaban J connectivity index is 1.66. The third-order valence-electron chi connectivity index (χ3n) is 4.33. The van der Waals surface area contributed by atoms with Gasteiger partial charge in [0, 0.05) is 17.6 Å². The van der Waals surface area contributed by atoms with Gasteiger partial charge in [-0.3, -0.25) is 9.10 Å². The summed E-state index contributed by atoms with van der Waals surface area (Å²) in [5.41, 5.74) is 0.987. The van der Waals surface area contributed by atoms with Gasteiger partial charge in [0.25, 0.3) is 10.0 Å². The smallest absolute Gasteiger partial charge is 0.264 e. The summed E-state index contributed by atoms with van der Waals surface area (Å²) in [4.78, 5) is 13.4. The first-order valence-electron chi connectivity index (χ1n) is 9.11. The molecule has 0 aliphatic rings. The number of sulfonamides is 1. The molecule has 0 saturated carbocycles. The second kappa shape index (κ2) is 9.69. The fourth-order valence-electron chi connectivity index (χ4n) is 2.69. The van der Waals surface area contributed by atoms with E-state index in [1.165, 1.54) is 35.2 Å². The number of carbonyl (C=O) groups excluding carboxylic acids is 1. The number of ether oxygens (including phenoxy) is 1. The maximum atomic E-state index is 12.9. The van der Waals surface area contributed by atoms with Crippen LogP contribution in [0.4, 0.5) is 11.4 Å². The Labute approximate surface area is 180 Å². The number of anilines is 2. The first-order chi connectivity index (χ1) is 14.4. The summed E-state index contributed by atoms with van der Waals surface area (Å²) < 4.78 is 32.2. The zero-order valence-corrected chi connectivity index (χ0v) is 18.2. The van der Waals surface area contributed by atoms with Crippen LogP contribution in [0.15, 0.2) is 88.7 Å². The highest BCUT2D eigenvalue weighted by Crippen LogP contribution is 2.24. The zero-order valence-electron chi connectivity index (χ0n) is 16.6. The molecule has 0 unspecified atom stereocenters. The van der Waals surface area contributed by atoms with Crippen molar-refractivity contribution < 1.29 is 17.9 Å². The van der Waals surface area contributed by atoms with Crippen molar-refractivity contribution in [2.24, 2.45) is 0 Å². The average molecular weight is 443 g/mol. The number of nitrogens with one attached hydrogen (secondary N) is 1. The lowest BCUT2D eigenvalue weighted by atomic mass is 10.3. The fraction of sp³-hybridized carbons (Fsp3) is 0.136. The van der Waals surface area contributed by atoms with Crippen LogP contribution in [0.25, 0.3) is 0 Å². The molecule has 3 aromatic carbocycles. The van der Waals surface area contributed by atoms with E-state index in [9.17, 15) is 13.2 Å². The molecule has 6 nitrogen and oxygen atoms in total. The topological polar surface area (TPSA) is 75.7 Å². The summed E-state index contributed by atoms with van der Waals surface area (Å²) in [5, 5.41) is 2.76. The van der Waals surface area contributed by atoms with Crippen LogP contribution >= 0.6 is 11.8 Å². The fourth-order valence-corrected chi connectivity index (χ4v) is 4.63. The molecule has 3 aromatic rings. The summed E-state index contributed by atoms with van der Waals surface area (Å²) in [7, 11) is -0.647. The normalized spacial score (nSPS) is 11.0. The van der Waals surface area contributed by atoms with E-state index in [-0.39, 0.29) is 16.6 Å². The average Bonchev–Trinajstić information content (AvgIpc) is 2.78. The summed E-state index contributed by atoms with van der Waals surface area (Å²) in [5.74, 6) is 0.733. The van der Waals surface area contributed by atoms with Crippen molar-refractivity contribution in [3.63, 3.8) is 0 Å². The highest BCUT2D eigenvalue weighted by Gasteiger charge is 2.21. The van der Waals surface area contributed by atoms with Gasteiger partial charge in [0.15, 0.2) is 0 Å². The molecule has 0 aliphatic heterocycles. The minimum absolute atomic E-state index is 0.106. The molecular formula is C22H22N2O4S2. The van der Waals surface area contributed by atoms with E-state index < -0.39 is 10.0 Å². The molecule has 0 bridgehead atoms. The van der Waals surface area contributed by atoms with Crippen LogP contribution in [0.5, 0.6) is 5.75 Å². The summed E-state index contributed by atoms with van der Waals surface area (Å²) >= 11 is 1.38. The molecule has 1 amide bonds. The number of methoxy groups -OCH3 is 1. The molecule has 0 aromatic heterocycles. The monoisotopic (exact) mass is 442 g/mol. The summed E-state index contributed by atoms with van der Waals surface area (Å²) in [6, 6.07) is 22.5. The minimum Gasteiger partial charge on any atom is -0.497 e. The van der Waals surface area contributed by atoms with Gasteiger partial charge in [-0.1, -0.05) is 24.3 Å². The number of rotatable bonds is 8. The Morgan fingerprint density at radius 2 is 1.70 bits per heavy atom. The number of nitrogens with zero attached hydrogens (tertiary/aromatic N) is 1. The van der Waals surface area contributed by atoms with Crippen LogP contribution in [0.3, 0.4) is 0 Å². The molecular weight excluding hydrogens is 420 g/mol. The van der Waals surface area contributed by atoms with Crippen LogP contribution < -0.4 is 14.4 Å². The number of thioether (sulfide) groups is 1. The van der Waals surface area contributed by atoms with Crippen molar-refractivity contribution in [1.29, 1.82) is 0 Å². The zero-order chi connectivity index (χ0) is 21.6. The Hall–Kier alpha value is -2.97. The number of benzene rings is 3. The van der Waals surface area contributed by atoms with Crippen molar-refractivity contribution in [3.05, 3.63) is 78.9 Å². The number of hydrogen-bond donors (Lipinski definition) is 1. The van der Waals surface area contributed by atoms with Gasteiger partial charge in [0.1, 0.15) is 5.75 Å². The lowest BCUT2D eigenvalue weighted by Crippen LogP contribution is -2.26. The van der Waals surface area contributed by atoms with E-state index in [1.807, 2.05) is 30.3 Å². The molecule has 0 radical (unpaired) electrons. The first-order valence-corrected chi connectivity index (χ1v) is 11.5.